The van der Waals surface area contributed by atoms with Crippen molar-refractivity contribution in [1.29, 1.82) is 0 Å². The lowest BCUT2D eigenvalue weighted by atomic mass is 9.62. The van der Waals surface area contributed by atoms with Gasteiger partial charge in [0.2, 0.25) is 0 Å². The molecule has 2 aromatic carbocycles. The zero-order valence-corrected chi connectivity index (χ0v) is 28.5. The second-order valence-electron chi connectivity index (χ2n) is 12.6. The Hall–Kier alpha value is -4.26. The summed E-state index contributed by atoms with van der Waals surface area (Å²) in [6, 6.07) is 15.6. The third-order valence-electron chi connectivity index (χ3n) is 9.41. The molecule has 0 atom stereocenters. The zero-order valence-electron chi connectivity index (χ0n) is 27.0. The van der Waals surface area contributed by atoms with Crippen molar-refractivity contribution in [3.8, 4) is 0 Å². The van der Waals surface area contributed by atoms with E-state index in [1.54, 1.807) is 12.4 Å². The van der Waals surface area contributed by atoms with Crippen LogP contribution in [0.2, 0.25) is 10.0 Å². The molecule has 2 aliphatic carbocycles. The van der Waals surface area contributed by atoms with E-state index in [4.69, 9.17) is 28.9 Å². The van der Waals surface area contributed by atoms with E-state index in [2.05, 4.69) is 26.0 Å². The van der Waals surface area contributed by atoms with E-state index in [1.807, 2.05) is 42.5 Å². The number of carbonyl (C=O) groups is 3. The Kier molecular flexibility index (Phi) is 11.7. The summed E-state index contributed by atoms with van der Waals surface area (Å²) in [5.41, 5.74) is 7.94. The topological polar surface area (TPSA) is 141 Å². The number of rotatable bonds is 11. The molecule has 1 amide bonds. The molecule has 0 aliphatic heterocycles. The van der Waals surface area contributed by atoms with Crippen LogP contribution in [0, 0.1) is 0 Å². The fraction of sp³-hybridized carbons (Fsp3) is 0.361. The van der Waals surface area contributed by atoms with Gasteiger partial charge in [-0.05, 0) is 48.9 Å². The van der Waals surface area contributed by atoms with Gasteiger partial charge in [0.25, 0.3) is 0 Å². The maximum Gasteiger partial charge on any atom is 0.471 e. The summed E-state index contributed by atoms with van der Waals surface area (Å²) >= 11 is 12.7. The Morgan fingerprint density at radius 3 is 1.44 bits per heavy atom. The smallest absolute Gasteiger partial charge is 0.341 e. The van der Waals surface area contributed by atoms with Crippen molar-refractivity contribution in [3.63, 3.8) is 0 Å². The number of carbonyl (C=O) groups excluding carboxylic acids is 3. The molecular weight excluding hydrogens is 692 g/mol. The van der Waals surface area contributed by atoms with Crippen molar-refractivity contribution >= 4 is 40.7 Å². The summed E-state index contributed by atoms with van der Waals surface area (Å²) in [7, 11) is 0. The van der Waals surface area contributed by atoms with Crippen LogP contribution in [0.5, 0.6) is 0 Å². The van der Waals surface area contributed by atoms with Crippen molar-refractivity contribution in [2.45, 2.75) is 68.4 Å². The third kappa shape index (κ3) is 8.54. The molecule has 262 valence electrons. The molecule has 2 aliphatic rings. The highest BCUT2D eigenvalue weighted by molar-refractivity contribution is 6.31. The van der Waals surface area contributed by atoms with Crippen molar-refractivity contribution in [3.05, 3.63) is 117 Å². The SMILES string of the molecule is NCC(=O)c1cnc(CC2(c3ccccc3Cl)CCC2)nc1.O=C(CNC(=O)C(F)(F)F)c1cnc(CC2(c3ccccc3Cl)CCC2)nc1. The highest BCUT2D eigenvalue weighted by Crippen LogP contribution is 2.49. The number of alkyl halides is 3. The fourth-order valence-corrected chi connectivity index (χ4v) is 7.01. The van der Waals surface area contributed by atoms with Gasteiger partial charge >= 0.3 is 12.1 Å². The van der Waals surface area contributed by atoms with Gasteiger partial charge < -0.3 is 11.1 Å². The van der Waals surface area contributed by atoms with Crippen LogP contribution in [0.15, 0.2) is 73.3 Å². The largest absolute Gasteiger partial charge is 0.471 e. The predicted octanol–water partition coefficient (Wildman–Crippen LogP) is 6.59. The predicted molar refractivity (Wildman–Crippen MR) is 182 cm³/mol. The first-order valence-electron chi connectivity index (χ1n) is 16.1. The first kappa shape index (κ1) is 37.0. The monoisotopic (exact) mass is 726 g/mol. The number of nitrogens with one attached hydrogen (secondary N) is 1. The summed E-state index contributed by atoms with van der Waals surface area (Å²) in [6.45, 7) is -0.795. The Morgan fingerprint density at radius 1 is 0.700 bits per heavy atom. The van der Waals surface area contributed by atoms with Crippen LogP contribution in [0.25, 0.3) is 0 Å². The molecule has 2 saturated carbocycles. The highest BCUT2D eigenvalue weighted by atomic mass is 35.5. The number of hydrogen-bond acceptors (Lipinski definition) is 8. The van der Waals surface area contributed by atoms with Gasteiger partial charge in [0.05, 0.1) is 24.2 Å². The average molecular weight is 728 g/mol. The van der Waals surface area contributed by atoms with Crippen LogP contribution < -0.4 is 11.1 Å². The normalized spacial score (nSPS) is 15.8. The summed E-state index contributed by atoms with van der Waals surface area (Å²) < 4.78 is 36.5. The second kappa shape index (κ2) is 15.7. The number of halogens is 5. The summed E-state index contributed by atoms with van der Waals surface area (Å²) in [4.78, 5) is 51.3. The Morgan fingerprint density at radius 2 is 1.10 bits per heavy atom. The van der Waals surface area contributed by atoms with E-state index in [-0.39, 0.29) is 28.7 Å². The Balaban J connectivity index is 0.000000200. The molecule has 0 saturated heterocycles. The number of amides is 1. The number of hydrogen-bond donors (Lipinski definition) is 2. The number of nitrogens with two attached hydrogens (primary N) is 1. The van der Waals surface area contributed by atoms with Gasteiger partial charge in [-0.25, -0.2) is 19.9 Å². The lowest BCUT2D eigenvalue weighted by Crippen LogP contribution is -2.39. The number of nitrogens with zero attached hydrogens (tertiary/aromatic N) is 4. The molecule has 0 radical (unpaired) electrons. The van der Waals surface area contributed by atoms with Crippen molar-refractivity contribution in [1.82, 2.24) is 25.3 Å². The maximum atomic E-state index is 12.2. The molecular formula is C36H35Cl2F3N6O3. The molecule has 2 fully saturated rings. The molecule has 14 heteroatoms. The summed E-state index contributed by atoms with van der Waals surface area (Å²) in [5, 5.41) is 3.03. The molecule has 6 rings (SSSR count). The van der Waals surface area contributed by atoms with Crippen LogP contribution in [0.4, 0.5) is 13.2 Å². The van der Waals surface area contributed by atoms with E-state index in [0.717, 1.165) is 54.9 Å². The lowest BCUT2D eigenvalue weighted by Gasteiger charge is -2.42. The van der Waals surface area contributed by atoms with E-state index >= 15 is 0 Å². The van der Waals surface area contributed by atoms with E-state index in [9.17, 15) is 27.6 Å². The molecule has 0 unspecified atom stereocenters. The van der Waals surface area contributed by atoms with Crippen LogP contribution in [0.1, 0.15) is 82.0 Å². The van der Waals surface area contributed by atoms with Gasteiger partial charge in [0.1, 0.15) is 11.6 Å². The summed E-state index contributed by atoms with van der Waals surface area (Å²) in [5.74, 6) is -1.74. The minimum atomic E-state index is -5.03. The molecule has 0 bridgehead atoms. The number of aromatic nitrogens is 4. The molecule has 2 aromatic heterocycles. The van der Waals surface area contributed by atoms with Crippen LogP contribution in [-0.2, 0) is 28.5 Å². The van der Waals surface area contributed by atoms with Crippen molar-refractivity contribution in [2.24, 2.45) is 5.73 Å². The van der Waals surface area contributed by atoms with Gasteiger partial charge in [0.15, 0.2) is 11.6 Å². The van der Waals surface area contributed by atoms with Gasteiger partial charge in [-0.1, -0.05) is 72.4 Å². The molecule has 9 nitrogen and oxygen atoms in total. The second-order valence-corrected chi connectivity index (χ2v) is 13.4. The molecule has 50 heavy (non-hydrogen) atoms. The molecule has 2 heterocycles. The lowest BCUT2D eigenvalue weighted by molar-refractivity contribution is -0.173. The first-order valence-corrected chi connectivity index (χ1v) is 16.8. The van der Waals surface area contributed by atoms with Crippen LogP contribution >= 0.6 is 23.2 Å². The minimum Gasteiger partial charge on any atom is -0.341 e. The van der Waals surface area contributed by atoms with E-state index in [0.29, 0.717) is 22.8 Å². The van der Waals surface area contributed by atoms with E-state index < -0.39 is 24.4 Å². The third-order valence-corrected chi connectivity index (χ3v) is 10.1. The minimum absolute atomic E-state index is 0.0216. The van der Waals surface area contributed by atoms with Crippen molar-refractivity contribution < 1.29 is 27.6 Å². The first-order chi connectivity index (χ1) is 23.9. The maximum absolute atomic E-state index is 12.2. The fourth-order valence-electron chi connectivity index (χ4n) is 6.34. The quantitative estimate of drug-likeness (QED) is 0.165. The molecule has 0 spiro atoms. The van der Waals surface area contributed by atoms with Gasteiger partial charge in [-0.15, -0.1) is 0 Å². The molecule has 3 N–H and O–H groups in total. The molecule has 4 aromatic rings. The van der Waals surface area contributed by atoms with E-state index in [1.165, 1.54) is 29.7 Å². The highest BCUT2D eigenvalue weighted by Gasteiger charge is 2.42. The number of ketones is 2. The number of Topliss-reactive ketones (excluding diaryl/α,β-unsaturated/α-hetero) is 2. The van der Waals surface area contributed by atoms with Gasteiger partial charge in [-0.3, -0.25) is 14.4 Å². The Bertz CT molecular complexity index is 1830. The van der Waals surface area contributed by atoms with Gasteiger partial charge in [-0.2, -0.15) is 13.2 Å². The standard InChI is InChI=1S/C19H17ClF3N3O2.C17H18ClN3O/c20-14-5-2-1-4-13(14)18(6-3-7-18)8-16-24-9-12(10-25-16)15(27)11-26-17(28)19(21,22)23;18-14-5-2-1-4-13(14)17(6-3-7-17)8-16-20-10-12(11-21-16)15(22)9-19/h1-2,4-5,9-10H,3,6-8,11H2,(H,26,28);1-2,4-5,10-11H,3,6-9,19H2. The number of benzene rings is 2. The summed E-state index contributed by atoms with van der Waals surface area (Å²) in [6.07, 6.45) is 8.26. The van der Waals surface area contributed by atoms with Crippen LogP contribution in [-0.4, -0.2) is 56.7 Å². The van der Waals surface area contributed by atoms with Crippen molar-refractivity contribution in [2.75, 3.05) is 13.1 Å². The Labute approximate surface area is 297 Å². The van der Waals surface area contributed by atoms with Crippen LogP contribution in [0.3, 0.4) is 0 Å². The van der Waals surface area contributed by atoms with Gasteiger partial charge in [0, 0.05) is 58.5 Å². The zero-order chi connectivity index (χ0) is 35.9. The average Bonchev–Trinajstić information content (AvgIpc) is 3.07.